The van der Waals surface area contributed by atoms with Crippen molar-refractivity contribution in [2.75, 3.05) is 0 Å². The Kier molecular flexibility index (Phi) is 5.67. The maximum atomic E-state index is 12.3. The first-order valence-corrected chi connectivity index (χ1v) is 7.68. The zero-order valence-corrected chi connectivity index (χ0v) is 14.3. The molecule has 0 radical (unpaired) electrons. The van der Waals surface area contributed by atoms with E-state index < -0.39 is 28.9 Å². The van der Waals surface area contributed by atoms with E-state index in [1.54, 1.807) is 6.92 Å². The molecule has 1 aliphatic heterocycles. The van der Waals surface area contributed by atoms with Crippen molar-refractivity contribution in [1.82, 2.24) is 0 Å². The molecule has 0 fully saturated rings. The number of nitriles is 2. The summed E-state index contributed by atoms with van der Waals surface area (Å²) in [5.74, 6) is -1.94. The second-order valence-corrected chi connectivity index (χ2v) is 5.80. The van der Waals surface area contributed by atoms with E-state index in [1.807, 2.05) is 26.0 Å². The minimum absolute atomic E-state index is 0.171. The van der Waals surface area contributed by atoms with Gasteiger partial charge in [-0.25, -0.2) is 4.99 Å². The Labute approximate surface area is 137 Å². The summed E-state index contributed by atoms with van der Waals surface area (Å²) in [5, 5.41) is 23.0. The van der Waals surface area contributed by atoms with E-state index in [0.29, 0.717) is 12.8 Å². The standard InChI is InChI=1S/C14H18BrN5O2/c1-4-13(5-2)12(22-19-6-3)20-10(15)9(7-16)14(13,8-17)11(18)21/h6,9,12H,4-5H2,1-3H3,(H2,18,21)/b19-6-/t9?,12-,14-/m1/s1. The minimum atomic E-state index is -1.75. The molecular weight excluding hydrogens is 350 g/mol. The molecule has 0 aromatic carbocycles. The van der Waals surface area contributed by atoms with E-state index in [9.17, 15) is 15.3 Å². The van der Waals surface area contributed by atoms with Crippen molar-refractivity contribution < 1.29 is 9.63 Å². The molecule has 0 saturated heterocycles. The third-order valence-electron chi connectivity index (χ3n) is 4.39. The largest absolute Gasteiger partial charge is 0.368 e. The van der Waals surface area contributed by atoms with Crippen molar-refractivity contribution >= 4 is 32.7 Å². The molecule has 0 bridgehead atoms. The minimum Gasteiger partial charge on any atom is -0.368 e. The fourth-order valence-electron chi connectivity index (χ4n) is 3.14. The maximum Gasteiger partial charge on any atom is 0.240 e. The number of aliphatic imine (C=N–C) groups is 1. The van der Waals surface area contributed by atoms with Crippen LogP contribution in [0, 0.1) is 39.4 Å². The molecule has 0 aliphatic carbocycles. The Hall–Kier alpha value is -1.93. The lowest BCUT2D eigenvalue weighted by Crippen LogP contribution is -2.62. The normalized spacial score (nSPS) is 30.2. The van der Waals surface area contributed by atoms with Crippen LogP contribution in [-0.4, -0.2) is 23.0 Å². The molecule has 1 heterocycles. The summed E-state index contributed by atoms with van der Waals surface area (Å²) in [6.07, 6.45) is 1.32. The van der Waals surface area contributed by atoms with Gasteiger partial charge in [0, 0.05) is 6.21 Å². The average molecular weight is 368 g/mol. The maximum absolute atomic E-state index is 12.3. The number of nitrogens with zero attached hydrogens (tertiary/aromatic N) is 4. The molecule has 8 heteroatoms. The Bertz CT molecular complexity index is 585. The van der Waals surface area contributed by atoms with E-state index in [4.69, 9.17) is 10.6 Å². The van der Waals surface area contributed by atoms with Crippen LogP contribution in [0.4, 0.5) is 0 Å². The van der Waals surface area contributed by atoms with Crippen LogP contribution in [0.5, 0.6) is 0 Å². The summed E-state index contributed by atoms with van der Waals surface area (Å²) in [5.41, 5.74) is 2.78. The summed E-state index contributed by atoms with van der Waals surface area (Å²) < 4.78 is 0.171. The first-order valence-electron chi connectivity index (χ1n) is 6.89. The van der Waals surface area contributed by atoms with Crippen LogP contribution >= 0.6 is 15.9 Å². The first kappa shape index (κ1) is 18.1. The number of hydrogen-bond donors (Lipinski definition) is 1. The molecule has 0 spiro atoms. The number of rotatable bonds is 5. The van der Waals surface area contributed by atoms with Crippen molar-refractivity contribution in [1.29, 1.82) is 10.5 Å². The fraction of sp³-hybridized carbons (Fsp3) is 0.643. The van der Waals surface area contributed by atoms with Crippen LogP contribution in [0.1, 0.15) is 33.6 Å². The number of amides is 1. The van der Waals surface area contributed by atoms with Gasteiger partial charge in [-0.05, 0) is 35.7 Å². The van der Waals surface area contributed by atoms with Gasteiger partial charge in [0.05, 0.1) is 17.6 Å². The molecular formula is C14H18BrN5O2. The summed E-state index contributed by atoms with van der Waals surface area (Å²) in [6.45, 7) is 5.30. The van der Waals surface area contributed by atoms with Crippen molar-refractivity contribution in [3.05, 3.63) is 0 Å². The summed E-state index contributed by atoms with van der Waals surface area (Å²) in [6, 6.07) is 3.99. The molecule has 1 aliphatic rings. The second-order valence-electron chi connectivity index (χ2n) is 4.98. The topological polar surface area (TPSA) is 125 Å². The third kappa shape index (κ3) is 2.28. The number of halogens is 1. The number of hydrogen-bond acceptors (Lipinski definition) is 6. The molecule has 22 heavy (non-hydrogen) atoms. The zero-order chi connectivity index (χ0) is 17.0. The van der Waals surface area contributed by atoms with Gasteiger partial charge in [-0.1, -0.05) is 19.0 Å². The molecule has 0 aromatic rings. The van der Waals surface area contributed by atoms with E-state index >= 15 is 0 Å². The Morgan fingerprint density at radius 2 is 2.14 bits per heavy atom. The van der Waals surface area contributed by atoms with E-state index in [0.717, 1.165) is 0 Å². The van der Waals surface area contributed by atoms with Crippen LogP contribution in [0.15, 0.2) is 10.1 Å². The van der Waals surface area contributed by atoms with Gasteiger partial charge < -0.3 is 10.6 Å². The number of oxime groups is 1. The number of carbonyl (C=O) groups is 1. The molecule has 2 N–H and O–H groups in total. The van der Waals surface area contributed by atoms with Gasteiger partial charge in [-0.15, -0.1) is 0 Å². The summed E-state index contributed by atoms with van der Waals surface area (Å²) in [4.78, 5) is 21.9. The predicted octanol–water partition coefficient (Wildman–Crippen LogP) is 2.08. The van der Waals surface area contributed by atoms with Crippen molar-refractivity contribution in [2.45, 2.75) is 39.8 Å². The van der Waals surface area contributed by atoms with Crippen LogP contribution < -0.4 is 5.73 Å². The fourth-order valence-corrected chi connectivity index (χ4v) is 3.77. The van der Waals surface area contributed by atoms with Crippen molar-refractivity contribution in [2.24, 2.45) is 32.6 Å². The van der Waals surface area contributed by atoms with Crippen molar-refractivity contribution in [3.8, 4) is 12.1 Å². The number of nitrogens with two attached hydrogens (primary N) is 1. The van der Waals surface area contributed by atoms with E-state index in [1.165, 1.54) is 6.21 Å². The lowest BCUT2D eigenvalue weighted by atomic mass is 9.53. The molecule has 7 nitrogen and oxygen atoms in total. The Morgan fingerprint density at radius 1 is 1.55 bits per heavy atom. The zero-order valence-electron chi connectivity index (χ0n) is 12.7. The molecule has 1 unspecified atom stereocenters. The Balaban J connectivity index is 3.74. The molecule has 0 saturated carbocycles. The van der Waals surface area contributed by atoms with Gasteiger partial charge in [0.15, 0.2) is 5.41 Å². The van der Waals surface area contributed by atoms with Gasteiger partial charge >= 0.3 is 0 Å². The van der Waals surface area contributed by atoms with Gasteiger partial charge in [0.1, 0.15) is 10.5 Å². The van der Waals surface area contributed by atoms with Gasteiger partial charge in [-0.3, -0.25) is 4.79 Å². The van der Waals surface area contributed by atoms with Crippen LogP contribution in [0.3, 0.4) is 0 Å². The highest BCUT2D eigenvalue weighted by molar-refractivity contribution is 9.18. The monoisotopic (exact) mass is 367 g/mol. The van der Waals surface area contributed by atoms with E-state index in [-0.39, 0.29) is 4.62 Å². The average Bonchev–Trinajstić information content (AvgIpc) is 2.51. The molecule has 1 amide bonds. The predicted molar refractivity (Wildman–Crippen MR) is 84.8 cm³/mol. The van der Waals surface area contributed by atoms with Crippen LogP contribution in [0.2, 0.25) is 0 Å². The summed E-state index contributed by atoms with van der Waals surface area (Å²) in [7, 11) is 0. The van der Waals surface area contributed by atoms with Crippen LogP contribution in [0.25, 0.3) is 0 Å². The van der Waals surface area contributed by atoms with Crippen LogP contribution in [-0.2, 0) is 9.63 Å². The number of carbonyl (C=O) groups excluding carboxylic acids is 1. The van der Waals surface area contributed by atoms with Gasteiger partial charge in [0.2, 0.25) is 12.1 Å². The first-order chi connectivity index (χ1) is 10.4. The molecule has 3 atom stereocenters. The van der Waals surface area contributed by atoms with Gasteiger partial charge in [-0.2, -0.15) is 10.5 Å². The third-order valence-corrected chi connectivity index (χ3v) is 5.05. The van der Waals surface area contributed by atoms with Gasteiger partial charge in [0.25, 0.3) is 0 Å². The quantitative estimate of drug-likeness (QED) is 0.589. The lowest BCUT2D eigenvalue weighted by Gasteiger charge is -2.49. The molecule has 0 aromatic heterocycles. The highest BCUT2D eigenvalue weighted by atomic mass is 79.9. The second kappa shape index (κ2) is 6.89. The molecule has 118 valence electrons. The summed E-state index contributed by atoms with van der Waals surface area (Å²) >= 11 is 3.18. The smallest absolute Gasteiger partial charge is 0.240 e. The SMILES string of the molecule is C/C=N\O[C@H]1N=C(Br)C(C#N)[C@](C#N)(C(N)=O)C1(CC)CC. The highest BCUT2D eigenvalue weighted by Gasteiger charge is 2.67. The lowest BCUT2D eigenvalue weighted by molar-refractivity contribution is -0.149. The van der Waals surface area contributed by atoms with E-state index in [2.05, 4.69) is 26.1 Å². The Morgan fingerprint density at radius 3 is 2.50 bits per heavy atom. The molecule has 1 rings (SSSR count). The number of primary amides is 1. The van der Waals surface area contributed by atoms with Crippen molar-refractivity contribution in [3.63, 3.8) is 0 Å². The highest BCUT2D eigenvalue weighted by Crippen LogP contribution is 2.56.